The molecule has 0 aliphatic rings. The van der Waals surface area contributed by atoms with E-state index in [0.29, 0.717) is 16.9 Å². The number of rotatable bonds is 3. The van der Waals surface area contributed by atoms with Gasteiger partial charge in [0.05, 0.1) is 11.9 Å². The van der Waals surface area contributed by atoms with E-state index in [1.54, 1.807) is 18.2 Å². The minimum absolute atomic E-state index is 0.164. The first-order chi connectivity index (χ1) is 10.5. The predicted octanol–water partition coefficient (Wildman–Crippen LogP) is 2.31. The number of pyridine rings is 1. The Morgan fingerprint density at radius 2 is 2.09 bits per heavy atom. The third-order valence-corrected chi connectivity index (χ3v) is 3.21. The van der Waals surface area contributed by atoms with Crippen molar-refractivity contribution >= 4 is 22.8 Å². The number of nitrogens with one attached hydrogen (secondary N) is 2. The monoisotopic (exact) mass is 297 g/mol. The van der Waals surface area contributed by atoms with E-state index in [9.17, 15) is 9.59 Å². The first-order valence-corrected chi connectivity index (χ1v) is 6.86. The molecule has 6 nitrogen and oxygen atoms in total. The van der Waals surface area contributed by atoms with Crippen LogP contribution >= 0.6 is 0 Å². The zero-order valence-corrected chi connectivity index (χ0v) is 12.3. The van der Waals surface area contributed by atoms with E-state index >= 15 is 0 Å². The van der Waals surface area contributed by atoms with Gasteiger partial charge in [-0.15, -0.1) is 0 Å². The Morgan fingerprint density at radius 3 is 2.86 bits per heavy atom. The summed E-state index contributed by atoms with van der Waals surface area (Å²) in [6.45, 7) is 3.83. The van der Waals surface area contributed by atoms with Gasteiger partial charge >= 0.3 is 5.76 Å². The number of aromatic nitrogens is 2. The summed E-state index contributed by atoms with van der Waals surface area (Å²) < 4.78 is 4.93. The normalized spacial score (nSPS) is 10.8. The van der Waals surface area contributed by atoms with Gasteiger partial charge in [0.25, 0.3) is 0 Å². The van der Waals surface area contributed by atoms with E-state index in [1.807, 2.05) is 26.0 Å². The van der Waals surface area contributed by atoms with Crippen molar-refractivity contribution < 1.29 is 9.21 Å². The highest BCUT2D eigenvalue weighted by molar-refractivity contribution is 5.92. The number of benzene rings is 1. The van der Waals surface area contributed by atoms with Crippen molar-refractivity contribution in [2.24, 2.45) is 0 Å². The van der Waals surface area contributed by atoms with Crippen LogP contribution < -0.4 is 11.1 Å². The summed E-state index contributed by atoms with van der Waals surface area (Å²) in [7, 11) is 0. The van der Waals surface area contributed by atoms with E-state index in [4.69, 9.17) is 4.42 Å². The van der Waals surface area contributed by atoms with Gasteiger partial charge in [-0.3, -0.25) is 9.78 Å². The van der Waals surface area contributed by atoms with Gasteiger partial charge in [-0.25, -0.2) is 9.78 Å². The summed E-state index contributed by atoms with van der Waals surface area (Å²) in [4.78, 5) is 30.1. The number of H-pyrrole nitrogens is 1. The third kappa shape index (κ3) is 3.06. The lowest BCUT2D eigenvalue weighted by Gasteiger charge is -2.06. The molecular weight excluding hydrogens is 282 g/mol. The van der Waals surface area contributed by atoms with Gasteiger partial charge in [0.2, 0.25) is 5.91 Å². The third-order valence-electron chi connectivity index (χ3n) is 3.21. The number of carbonyl (C=O) groups excluding carboxylic acids is 1. The molecule has 6 heteroatoms. The van der Waals surface area contributed by atoms with E-state index in [0.717, 1.165) is 16.8 Å². The zero-order chi connectivity index (χ0) is 15.7. The van der Waals surface area contributed by atoms with Crippen LogP contribution in [0, 0.1) is 13.8 Å². The molecule has 112 valence electrons. The van der Waals surface area contributed by atoms with Crippen LogP contribution in [-0.2, 0) is 11.2 Å². The zero-order valence-electron chi connectivity index (χ0n) is 12.3. The van der Waals surface area contributed by atoms with Crippen molar-refractivity contribution in [3.05, 3.63) is 57.7 Å². The van der Waals surface area contributed by atoms with Crippen LogP contribution in [0.2, 0.25) is 0 Å². The largest absolute Gasteiger partial charge is 0.417 e. The molecular formula is C16H15N3O3. The average Bonchev–Trinajstić information content (AvgIpc) is 2.76. The molecule has 0 bridgehead atoms. The second-order valence-electron chi connectivity index (χ2n) is 5.24. The van der Waals surface area contributed by atoms with Crippen LogP contribution in [-0.4, -0.2) is 15.9 Å². The molecule has 0 radical (unpaired) electrons. The molecule has 1 amide bonds. The molecule has 1 aromatic carbocycles. The number of oxazole rings is 1. The summed E-state index contributed by atoms with van der Waals surface area (Å²) in [5.74, 6) is -0.126. The summed E-state index contributed by atoms with van der Waals surface area (Å²) in [5.41, 5.74) is 3.74. The number of nitrogens with zero attached hydrogens (tertiary/aromatic N) is 1. The van der Waals surface area contributed by atoms with Gasteiger partial charge in [-0.05, 0) is 49.2 Å². The lowest BCUT2D eigenvalue weighted by Crippen LogP contribution is -2.15. The van der Waals surface area contributed by atoms with Crippen LogP contribution in [0.5, 0.6) is 0 Å². The summed E-state index contributed by atoms with van der Waals surface area (Å²) >= 11 is 0. The number of hydrogen-bond donors (Lipinski definition) is 2. The van der Waals surface area contributed by atoms with E-state index < -0.39 is 5.76 Å². The first kappa shape index (κ1) is 14.1. The van der Waals surface area contributed by atoms with Gasteiger partial charge in [0.15, 0.2) is 5.58 Å². The van der Waals surface area contributed by atoms with Gasteiger partial charge in [0, 0.05) is 5.69 Å². The quantitative estimate of drug-likeness (QED) is 0.776. The Hall–Kier alpha value is -2.89. The molecule has 22 heavy (non-hydrogen) atoms. The Morgan fingerprint density at radius 1 is 1.27 bits per heavy atom. The number of anilines is 1. The highest BCUT2D eigenvalue weighted by atomic mass is 16.4. The summed E-state index contributed by atoms with van der Waals surface area (Å²) in [5, 5.41) is 2.78. The van der Waals surface area contributed by atoms with Crippen molar-refractivity contribution in [2.45, 2.75) is 20.3 Å². The molecule has 2 aromatic heterocycles. The topological polar surface area (TPSA) is 88.0 Å². The molecule has 2 N–H and O–H groups in total. The van der Waals surface area contributed by atoms with Crippen molar-refractivity contribution in [3.63, 3.8) is 0 Å². The fraction of sp³-hybridized carbons (Fsp3) is 0.188. The number of amides is 1. The smallest absolute Gasteiger partial charge is 0.408 e. The highest BCUT2D eigenvalue weighted by Crippen LogP contribution is 2.14. The first-order valence-electron chi connectivity index (χ1n) is 6.86. The minimum Gasteiger partial charge on any atom is -0.408 e. The second kappa shape index (κ2) is 5.48. The SMILES string of the molecule is Cc1cc(C)nc(NC(=O)Cc2ccc3oc(=O)[nH]c3c2)c1. The molecule has 0 unspecified atom stereocenters. The maximum absolute atomic E-state index is 12.1. The molecule has 0 aliphatic heterocycles. The summed E-state index contributed by atoms with van der Waals surface area (Å²) in [6.07, 6.45) is 0.192. The van der Waals surface area contributed by atoms with Crippen molar-refractivity contribution in [3.8, 4) is 0 Å². The molecule has 0 spiro atoms. The molecule has 0 saturated carbocycles. The van der Waals surface area contributed by atoms with Crippen LogP contribution in [0.25, 0.3) is 11.1 Å². The molecule has 0 atom stereocenters. The molecule has 3 rings (SSSR count). The van der Waals surface area contributed by atoms with Crippen LogP contribution in [0.15, 0.2) is 39.5 Å². The number of aromatic amines is 1. The average molecular weight is 297 g/mol. The maximum Gasteiger partial charge on any atom is 0.417 e. The molecule has 0 fully saturated rings. The Labute approximate surface area is 126 Å². The number of hydrogen-bond acceptors (Lipinski definition) is 4. The van der Waals surface area contributed by atoms with Gasteiger partial charge in [-0.2, -0.15) is 0 Å². The van der Waals surface area contributed by atoms with E-state index in [-0.39, 0.29) is 12.3 Å². The van der Waals surface area contributed by atoms with Gasteiger partial charge < -0.3 is 9.73 Å². The maximum atomic E-state index is 12.1. The van der Waals surface area contributed by atoms with Crippen LogP contribution in [0.3, 0.4) is 0 Å². The Bertz CT molecular complexity index is 888. The fourth-order valence-electron chi connectivity index (χ4n) is 2.39. The van der Waals surface area contributed by atoms with Crippen molar-refractivity contribution in [1.82, 2.24) is 9.97 Å². The van der Waals surface area contributed by atoms with Crippen LogP contribution in [0.1, 0.15) is 16.8 Å². The lowest BCUT2D eigenvalue weighted by atomic mass is 10.1. The standard InChI is InChI=1S/C16H15N3O3/c1-9-5-10(2)17-14(6-9)19-15(20)8-11-3-4-13-12(7-11)18-16(21)22-13/h3-7H,8H2,1-2H3,(H,18,21)(H,17,19,20). The number of aryl methyl sites for hydroxylation is 2. The van der Waals surface area contributed by atoms with Crippen LogP contribution in [0.4, 0.5) is 5.82 Å². The molecule has 0 aliphatic carbocycles. The highest BCUT2D eigenvalue weighted by Gasteiger charge is 2.08. The number of carbonyl (C=O) groups is 1. The Kier molecular flexibility index (Phi) is 3.50. The van der Waals surface area contributed by atoms with E-state index in [2.05, 4.69) is 15.3 Å². The van der Waals surface area contributed by atoms with Crippen molar-refractivity contribution in [2.75, 3.05) is 5.32 Å². The second-order valence-corrected chi connectivity index (χ2v) is 5.24. The molecule has 3 aromatic rings. The molecule has 0 saturated heterocycles. The Balaban J connectivity index is 1.76. The van der Waals surface area contributed by atoms with Gasteiger partial charge in [-0.1, -0.05) is 6.07 Å². The van der Waals surface area contributed by atoms with Crippen molar-refractivity contribution in [1.29, 1.82) is 0 Å². The molecule has 2 heterocycles. The number of fused-ring (bicyclic) bond motifs is 1. The van der Waals surface area contributed by atoms with Gasteiger partial charge in [0.1, 0.15) is 5.82 Å². The van der Waals surface area contributed by atoms with E-state index in [1.165, 1.54) is 0 Å². The lowest BCUT2D eigenvalue weighted by molar-refractivity contribution is -0.115. The minimum atomic E-state index is -0.504. The fourth-order valence-corrected chi connectivity index (χ4v) is 2.39. The predicted molar refractivity (Wildman–Crippen MR) is 82.9 cm³/mol. The summed E-state index contributed by atoms with van der Waals surface area (Å²) in [6, 6.07) is 8.92.